The van der Waals surface area contributed by atoms with Crippen LogP contribution in [0.5, 0.6) is 17.4 Å². The maximum absolute atomic E-state index is 15.6. The number of benzene rings is 2. The highest BCUT2D eigenvalue weighted by molar-refractivity contribution is 7.34. The van der Waals surface area contributed by atoms with Gasteiger partial charge in [-0.2, -0.15) is 9.97 Å². The Morgan fingerprint density at radius 2 is 2.10 bits per heavy atom. The first-order valence-corrected chi connectivity index (χ1v) is 13.4. The Balaban J connectivity index is 1.42. The largest absolute Gasteiger partial charge is 0.575 e. The molecule has 3 heterocycles. The number of aliphatic hydroxyl groups is 1. The number of anilines is 1. The molecule has 1 aliphatic rings. The van der Waals surface area contributed by atoms with Crippen molar-refractivity contribution in [3.05, 3.63) is 42.7 Å². The van der Waals surface area contributed by atoms with Gasteiger partial charge in [-0.25, -0.2) is 14.2 Å². The number of carboxylic acids is 1. The molecular weight excluding hydrogens is 562 g/mol. The van der Waals surface area contributed by atoms with Gasteiger partial charge < -0.3 is 35.1 Å². The van der Waals surface area contributed by atoms with Gasteiger partial charge in [0.25, 0.3) is 0 Å². The van der Waals surface area contributed by atoms with Crippen molar-refractivity contribution < 1.29 is 43.0 Å². The summed E-state index contributed by atoms with van der Waals surface area (Å²) in [6.45, 7) is 2.16. The third kappa shape index (κ3) is 5.32. The van der Waals surface area contributed by atoms with Crippen LogP contribution in [-0.4, -0.2) is 73.3 Å². The third-order valence-corrected chi connectivity index (χ3v) is 7.46. The van der Waals surface area contributed by atoms with Crippen molar-refractivity contribution in [2.24, 2.45) is 4.74 Å². The van der Waals surface area contributed by atoms with E-state index < -0.39 is 44.3 Å². The van der Waals surface area contributed by atoms with E-state index in [1.807, 2.05) is 0 Å². The van der Waals surface area contributed by atoms with Crippen molar-refractivity contribution in [3.8, 4) is 17.4 Å². The molecule has 1 fully saturated rings. The summed E-state index contributed by atoms with van der Waals surface area (Å²) >= 11 is 0. The van der Waals surface area contributed by atoms with Crippen LogP contribution in [0.25, 0.3) is 21.9 Å². The molecule has 0 bridgehead atoms. The number of alkyl halides is 1. The molecule has 0 aliphatic carbocycles. The molecule has 216 valence electrons. The van der Waals surface area contributed by atoms with Crippen molar-refractivity contribution in [3.63, 3.8) is 0 Å². The fourth-order valence-electron chi connectivity index (χ4n) is 4.47. The predicted octanol–water partition coefficient (Wildman–Crippen LogP) is 2.34. The summed E-state index contributed by atoms with van der Waals surface area (Å²) in [5.41, 5.74) is 4.16. The van der Waals surface area contributed by atoms with Crippen LogP contribution in [0.1, 0.15) is 20.1 Å². The van der Waals surface area contributed by atoms with Gasteiger partial charge in [0.15, 0.2) is 35.4 Å². The van der Waals surface area contributed by atoms with Crippen molar-refractivity contribution in [1.29, 1.82) is 0 Å². The van der Waals surface area contributed by atoms with E-state index in [9.17, 15) is 14.8 Å². The van der Waals surface area contributed by atoms with E-state index in [0.29, 0.717) is 5.39 Å². The summed E-state index contributed by atoms with van der Waals surface area (Å²) in [6.07, 6.45) is -3.14. The lowest BCUT2D eigenvalue weighted by atomic mass is 9.98. The number of imidazole rings is 1. The zero-order valence-corrected chi connectivity index (χ0v) is 22.9. The van der Waals surface area contributed by atoms with E-state index in [1.54, 1.807) is 30.3 Å². The number of rotatable bonds is 9. The number of nitrogens with zero attached hydrogens (tertiary/aromatic N) is 5. The molecule has 5 rings (SSSR count). The topological polar surface area (TPSA) is 199 Å². The van der Waals surface area contributed by atoms with Gasteiger partial charge in [0.05, 0.1) is 13.4 Å². The minimum atomic E-state index is -2.79. The maximum Gasteiger partial charge on any atom is 0.395 e. The van der Waals surface area contributed by atoms with Gasteiger partial charge in [-0.15, -0.1) is 0 Å². The predicted molar refractivity (Wildman–Crippen MR) is 142 cm³/mol. The molecule has 41 heavy (non-hydrogen) atoms. The number of nitrogens with two attached hydrogens (primary N) is 1. The second-order valence-corrected chi connectivity index (χ2v) is 10.3. The molecule has 2 aromatic carbocycles. The zero-order chi connectivity index (χ0) is 29.5. The molecular formula is C25H26FN6O8P. The fourth-order valence-corrected chi connectivity index (χ4v) is 5.24. The number of hydrogen-bond acceptors (Lipinski definition) is 12. The van der Waals surface area contributed by atoms with Crippen LogP contribution in [0.2, 0.25) is 0 Å². The minimum absolute atomic E-state index is 0.0298. The minimum Gasteiger partial charge on any atom is -0.575 e. The number of aliphatic carboxylic acids is 1. The Morgan fingerprint density at radius 3 is 2.83 bits per heavy atom. The fraction of sp³-hybridized carbons (Fsp3) is 0.360. The summed E-state index contributed by atoms with van der Waals surface area (Å²) in [7, 11) is -1.41. The second kappa shape index (κ2) is 11.0. The van der Waals surface area contributed by atoms with Gasteiger partial charge in [-0.05, 0) is 25.3 Å². The van der Waals surface area contributed by atoms with Crippen molar-refractivity contribution >= 4 is 42.0 Å². The monoisotopic (exact) mass is 588 g/mol. The normalized spacial score (nSPS) is 23.6. The van der Waals surface area contributed by atoms with E-state index in [1.165, 1.54) is 37.9 Å². The molecule has 14 nitrogen and oxygen atoms in total. The Bertz CT molecular complexity index is 1650. The Kier molecular flexibility index (Phi) is 7.62. The lowest BCUT2D eigenvalue weighted by Crippen LogP contribution is -2.42. The Labute approximate surface area is 233 Å². The van der Waals surface area contributed by atoms with E-state index in [4.69, 9.17) is 29.6 Å². The van der Waals surface area contributed by atoms with Crippen molar-refractivity contribution in [2.45, 2.75) is 44.0 Å². The molecule has 2 aromatic heterocycles. The SMILES string of the molecule is COc1nc(N)nc2c1ncn2C1O[C@H](COc2ccc3ccccc3c2O[P+]([O-])=NC(C)C(=O)O)[C@@H](F)[C@@]1(C)O. The van der Waals surface area contributed by atoms with Gasteiger partial charge >= 0.3 is 14.1 Å². The molecule has 4 N–H and O–H groups in total. The van der Waals surface area contributed by atoms with E-state index in [0.717, 1.165) is 5.39 Å². The van der Waals surface area contributed by atoms with Gasteiger partial charge in [0, 0.05) is 5.39 Å². The van der Waals surface area contributed by atoms with Crippen LogP contribution < -0.4 is 24.6 Å². The number of carboxylic acid groups (broad SMARTS) is 1. The Morgan fingerprint density at radius 1 is 1.34 bits per heavy atom. The molecule has 3 unspecified atom stereocenters. The van der Waals surface area contributed by atoms with E-state index in [2.05, 4.69) is 19.7 Å². The number of nitrogen functional groups attached to an aromatic ring is 1. The highest BCUT2D eigenvalue weighted by Crippen LogP contribution is 2.44. The molecule has 6 atom stereocenters. The van der Waals surface area contributed by atoms with Gasteiger partial charge in [-0.3, -0.25) is 9.09 Å². The molecule has 1 saturated heterocycles. The first-order valence-electron chi connectivity index (χ1n) is 12.3. The standard InChI is InChI=1S/C25H26FN6O8P/c1-12(22(33)34)31-41(36)40-18-14-7-5-4-6-13(14)8-9-15(18)38-10-16-19(26)25(2,35)23(39-16)32-11-28-17-20(32)29-24(27)30-21(17)37-3/h4-9,11-12,16,19,23,35H,10H2,1-3H3,(H,33,34)(H2,27,29,30)/t12?,16-,19-,23?,25-/m1/s1. The van der Waals surface area contributed by atoms with E-state index in [-0.39, 0.29) is 41.1 Å². The summed E-state index contributed by atoms with van der Waals surface area (Å²) in [4.78, 5) is 36.0. The number of aromatic nitrogens is 4. The first kappa shape index (κ1) is 28.4. The molecule has 0 saturated carbocycles. The smallest absolute Gasteiger partial charge is 0.395 e. The third-order valence-electron chi connectivity index (χ3n) is 6.58. The summed E-state index contributed by atoms with van der Waals surface area (Å²) in [6, 6.07) is 8.99. The zero-order valence-electron chi connectivity index (χ0n) is 22.0. The van der Waals surface area contributed by atoms with E-state index >= 15 is 4.39 Å². The van der Waals surface area contributed by atoms with Crippen LogP contribution in [0.3, 0.4) is 0 Å². The van der Waals surface area contributed by atoms with Crippen LogP contribution in [0.4, 0.5) is 10.3 Å². The Hall–Kier alpha value is -4.17. The lowest BCUT2D eigenvalue weighted by molar-refractivity contribution is -0.169. The molecule has 0 radical (unpaired) electrons. The number of carbonyl (C=O) groups is 1. The average molecular weight is 588 g/mol. The number of ether oxygens (including phenoxy) is 3. The number of hydrogen-bond donors (Lipinski definition) is 3. The van der Waals surface area contributed by atoms with Crippen molar-refractivity contribution in [2.75, 3.05) is 19.5 Å². The molecule has 0 spiro atoms. The van der Waals surface area contributed by atoms with Crippen LogP contribution in [0.15, 0.2) is 47.5 Å². The maximum atomic E-state index is 15.6. The summed E-state index contributed by atoms with van der Waals surface area (Å²) < 4.78 is 43.1. The summed E-state index contributed by atoms with van der Waals surface area (Å²) in [5, 5.41) is 21.4. The van der Waals surface area contributed by atoms with Crippen molar-refractivity contribution in [1.82, 2.24) is 19.5 Å². The van der Waals surface area contributed by atoms with Crippen LogP contribution in [-0.2, 0) is 9.53 Å². The molecule has 1 aliphatic heterocycles. The number of fused-ring (bicyclic) bond motifs is 2. The summed E-state index contributed by atoms with van der Waals surface area (Å²) in [5.74, 6) is -1.16. The molecule has 0 amide bonds. The lowest BCUT2D eigenvalue weighted by Gasteiger charge is -2.26. The van der Waals surface area contributed by atoms with Gasteiger partial charge in [-0.1, -0.05) is 35.1 Å². The van der Waals surface area contributed by atoms with Gasteiger partial charge in [0.1, 0.15) is 18.3 Å². The highest BCUT2D eigenvalue weighted by atomic mass is 31.1. The first-order chi connectivity index (χ1) is 19.5. The highest BCUT2D eigenvalue weighted by Gasteiger charge is 2.55. The van der Waals surface area contributed by atoms with Crippen LogP contribution in [0, 0.1) is 0 Å². The average Bonchev–Trinajstić information content (AvgIpc) is 3.45. The molecule has 4 aromatic rings. The van der Waals surface area contributed by atoms with Crippen LogP contribution >= 0.6 is 8.17 Å². The number of methoxy groups -OCH3 is 1. The second-order valence-electron chi connectivity index (χ2n) is 9.45. The molecule has 16 heteroatoms. The van der Waals surface area contributed by atoms with Gasteiger partial charge in [0.2, 0.25) is 17.6 Å². The number of halogens is 1. The quantitative estimate of drug-likeness (QED) is 0.242.